The van der Waals surface area contributed by atoms with E-state index in [1.54, 1.807) is 0 Å². The van der Waals surface area contributed by atoms with E-state index < -0.39 is 0 Å². The van der Waals surface area contributed by atoms with Crippen LogP contribution >= 0.6 is 0 Å². The Hall–Kier alpha value is -1.77. The molecule has 0 radical (unpaired) electrons. The van der Waals surface area contributed by atoms with Crippen LogP contribution in [0, 0.1) is 0 Å². The summed E-state index contributed by atoms with van der Waals surface area (Å²) in [5, 5.41) is 9.52. The van der Waals surface area contributed by atoms with E-state index in [1.165, 1.54) is 25.0 Å². The molecule has 4 heteroatoms. The number of hydrogen-bond acceptors (Lipinski definition) is 3. The molecule has 106 valence electrons. The number of hydrazone groups is 1. The minimum absolute atomic E-state index is 0.378. The first-order valence-corrected chi connectivity index (χ1v) is 8.93. The summed E-state index contributed by atoms with van der Waals surface area (Å²) in [5.74, 6) is 0. The van der Waals surface area contributed by atoms with Gasteiger partial charge in [-0.3, -0.25) is 0 Å². The third-order valence-electron chi connectivity index (χ3n) is 3.96. The minimum atomic E-state index is 0.378. The van der Waals surface area contributed by atoms with Crippen molar-refractivity contribution in [2.45, 2.75) is 19.9 Å². The Labute approximate surface area is 130 Å². The van der Waals surface area contributed by atoms with Gasteiger partial charge in [0.2, 0.25) is 0 Å². The van der Waals surface area contributed by atoms with Gasteiger partial charge in [0, 0.05) is 0 Å². The number of anilines is 1. The number of rotatable bonds is 2. The molecule has 0 amide bonds. The van der Waals surface area contributed by atoms with E-state index in [4.69, 9.17) is 0 Å². The van der Waals surface area contributed by atoms with E-state index in [9.17, 15) is 0 Å². The van der Waals surface area contributed by atoms with Crippen molar-refractivity contribution in [1.82, 2.24) is 4.90 Å². The molecule has 3 nitrogen and oxygen atoms in total. The second-order valence-electron chi connectivity index (χ2n) is 5.63. The van der Waals surface area contributed by atoms with Gasteiger partial charge in [-0.05, 0) is 0 Å². The van der Waals surface area contributed by atoms with Crippen molar-refractivity contribution in [3.8, 4) is 0 Å². The predicted molar refractivity (Wildman–Crippen MR) is 91.2 cm³/mol. The molecular formula is C17H17N3Se. The van der Waals surface area contributed by atoms with Crippen LogP contribution in [-0.2, 0) is 0 Å². The molecule has 1 aromatic heterocycles. The first-order valence-electron chi connectivity index (χ1n) is 7.21. The topological polar surface area (TPSA) is 18.8 Å². The molecule has 0 spiro atoms. The quantitative estimate of drug-likeness (QED) is 0.664. The molecule has 21 heavy (non-hydrogen) atoms. The van der Waals surface area contributed by atoms with Gasteiger partial charge in [0.15, 0.2) is 0 Å². The van der Waals surface area contributed by atoms with Gasteiger partial charge in [0.05, 0.1) is 0 Å². The van der Waals surface area contributed by atoms with Crippen LogP contribution in [0.1, 0.15) is 13.8 Å². The molecule has 0 fully saturated rings. The molecule has 1 aliphatic rings. The van der Waals surface area contributed by atoms with Crippen molar-refractivity contribution in [3.63, 3.8) is 0 Å². The normalized spacial score (nSPS) is 15.0. The van der Waals surface area contributed by atoms with Gasteiger partial charge in [-0.1, -0.05) is 0 Å². The third kappa shape index (κ3) is 2.06. The fraction of sp³-hybridized carbons (Fsp3) is 0.235. The zero-order valence-corrected chi connectivity index (χ0v) is 13.9. The van der Waals surface area contributed by atoms with E-state index in [-0.39, 0.29) is 0 Å². The second kappa shape index (κ2) is 4.90. The first-order chi connectivity index (χ1) is 10.2. The van der Waals surface area contributed by atoms with E-state index in [1.807, 2.05) is 6.34 Å². The Morgan fingerprint density at radius 2 is 1.86 bits per heavy atom. The van der Waals surface area contributed by atoms with Crippen molar-refractivity contribution in [2.24, 2.45) is 5.10 Å². The molecule has 0 aliphatic carbocycles. The van der Waals surface area contributed by atoms with Crippen LogP contribution in [0.4, 0.5) is 5.69 Å². The molecule has 0 atom stereocenters. The maximum absolute atomic E-state index is 4.59. The Bertz CT molecular complexity index is 834. The van der Waals surface area contributed by atoms with Crippen molar-refractivity contribution in [2.75, 3.05) is 11.7 Å². The van der Waals surface area contributed by atoms with E-state index in [0.29, 0.717) is 20.5 Å². The van der Waals surface area contributed by atoms with Crippen LogP contribution < -0.4 is 5.01 Å². The molecule has 0 unspecified atom stereocenters. The molecule has 4 rings (SSSR count). The molecule has 1 aliphatic heterocycles. The van der Waals surface area contributed by atoms with Crippen LogP contribution in [0.2, 0.25) is 0 Å². The van der Waals surface area contributed by atoms with Gasteiger partial charge in [-0.25, -0.2) is 0 Å². The predicted octanol–water partition coefficient (Wildman–Crippen LogP) is 3.48. The van der Waals surface area contributed by atoms with Crippen LogP contribution in [0.25, 0.3) is 19.3 Å². The van der Waals surface area contributed by atoms with Gasteiger partial charge in [-0.2, -0.15) is 0 Å². The summed E-state index contributed by atoms with van der Waals surface area (Å²) in [6, 6.07) is 15.8. The summed E-state index contributed by atoms with van der Waals surface area (Å²) in [6.45, 7) is 5.25. The van der Waals surface area contributed by atoms with Crippen LogP contribution in [0.3, 0.4) is 0 Å². The average Bonchev–Trinajstić information content (AvgIpc) is 3.11. The molecule has 0 saturated carbocycles. The van der Waals surface area contributed by atoms with Gasteiger partial charge >= 0.3 is 130 Å². The Morgan fingerprint density at radius 3 is 2.67 bits per heavy atom. The average molecular weight is 342 g/mol. The molecule has 3 aromatic rings. The van der Waals surface area contributed by atoms with E-state index in [0.717, 1.165) is 6.67 Å². The summed E-state index contributed by atoms with van der Waals surface area (Å²) in [7, 11) is 0. The van der Waals surface area contributed by atoms with Gasteiger partial charge in [-0.15, -0.1) is 0 Å². The van der Waals surface area contributed by atoms with Crippen LogP contribution in [0.5, 0.6) is 0 Å². The molecule has 2 heterocycles. The Morgan fingerprint density at radius 1 is 1.05 bits per heavy atom. The van der Waals surface area contributed by atoms with E-state index >= 15 is 0 Å². The summed E-state index contributed by atoms with van der Waals surface area (Å²) < 4.78 is 2.95. The summed E-state index contributed by atoms with van der Waals surface area (Å²) in [6.07, 6.45) is 1.96. The van der Waals surface area contributed by atoms with Crippen molar-refractivity contribution in [1.29, 1.82) is 0 Å². The maximum atomic E-state index is 4.59. The number of hydrogen-bond donors (Lipinski definition) is 0. The van der Waals surface area contributed by atoms with Gasteiger partial charge < -0.3 is 0 Å². The summed E-state index contributed by atoms with van der Waals surface area (Å²) >= 11 is 0.378. The number of fused-ring (bicyclic) bond motifs is 3. The fourth-order valence-corrected chi connectivity index (χ4v) is 5.29. The zero-order chi connectivity index (χ0) is 14.4. The zero-order valence-electron chi connectivity index (χ0n) is 12.2. The summed E-state index contributed by atoms with van der Waals surface area (Å²) in [5.41, 5.74) is 1.27. The number of nitrogens with zero attached hydrogens (tertiary/aromatic N) is 3. The molecule has 2 aromatic carbocycles. The van der Waals surface area contributed by atoms with Gasteiger partial charge in [0.25, 0.3) is 0 Å². The van der Waals surface area contributed by atoms with Crippen molar-refractivity contribution in [3.05, 3.63) is 42.5 Å². The fourth-order valence-electron chi connectivity index (χ4n) is 2.73. The SMILES string of the molecule is CC(C)N1C=NN(c2cccc3c2[se]c2ccccc23)C1. The molecule has 0 bridgehead atoms. The molecule has 0 saturated heterocycles. The molecular weight excluding hydrogens is 325 g/mol. The standard InChI is InChI=1S/C17H17N3Se/c1-12(2)19-10-18-20(11-19)15-8-5-7-14-13-6-3-4-9-16(13)21-17(14)15/h3-10,12H,11H2,1-2H3. The van der Waals surface area contributed by atoms with Crippen LogP contribution in [-0.4, -0.2) is 38.5 Å². The van der Waals surface area contributed by atoms with Crippen LogP contribution in [0.15, 0.2) is 47.6 Å². The first kappa shape index (κ1) is 12.9. The van der Waals surface area contributed by atoms with E-state index in [2.05, 4.69) is 71.3 Å². The Balaban J connectivity index is 1.85. The van der Waals surface area contributed by atoms with Gasteiger partial charge in [0.1, 0.15) is 0 Å². The molecule has 0 N–H and O–H groups in total. The number of benzene rings is 2. The Kier molecular flexibility index (Phi) is 3.02. The monoisotopic (exact) mass is 343 g/mol. The third-order valence-corrected chi connectivity index (χ3v) is 6.50. The second-order valence-corrected chi connectivity index (χ2v) is 7.84. The van der Waals surface area contributed by atoms with Crippen molar-refractivity contribution < 1.29 is 0 Å². The van der Waals surface area contributed by atoms with Crippen molar-refractivity contribution >= 4 is 45.8 Å². The summed E-state index contributed by atoms with van der Waals surface area (Å²) in [4.78, 5) is 2.26.